The van der Waals surface area contributed by atoms with Gasteiger partial charge in [0, 0.05) is 24.7 Å². The molecule has 0 saturated heterocycles. The van der Waals surface area contributed by atoms with Gasteiger partial charge in [0.2, 0.25) is 11.7 Å². The molecule has 12 nitrogen and oxygen atoms in total. The fourth-order valence-corrected chi connectivity index (χ4v) is 4.20. The normalized spacial score (nSPS) is 12.4. The van der Waals surface area contributed by atoms with Crippen LogP contribution in [0.3, 0.4) is 0 Å². The predicted octanol–water partition coefficient (Wildman–Crippen LogP) is 3.61. The number of methoxy groups -OCH3 is 3. The number of nitrogens with one attached hydrogen (secondary N) is 4. The van der Waals surface area contributed by atoms with Crippen LogP contribution in [-0.2, 0) is 27.5 Å². The molecule has 0 saturated carbocycles. The third-order valence-electron chi connectivity index (χ3n) is 6.38. The minimum Gasteiger partial charge on any atom is -0.497 e. The number of rotatable bonds is 16. The molecule has 0 aliphatic heterocycles. The van der Waals surface area contributed by atoms with E-state index in [4.69, 9.17) is 14.2 Å². The summed E-state index contributed by atoms with van der Waals surface area (Å²) in [7, 11) is 4.27. The molecule has 4 N–H and O–H groups in total. The monoisotopic (exact) mass is 640 g/mol. The molecular formula is C30H39F3N4O8. The fraction of sp³-hybridized carbons (Fsp3) is 0.467. The summed E-state index contributed by atoms with van der Waals surface area (Å²) in [6, 6.07) is 5.33. The minimum absolute atomic E-state index is 0.00373. The standard InChI is InChI=1S/C30H39F3N4O8/c1-7-23(26(38)28(40)34-15-18-11-21(42-4)14-22(12-18)43-5)36-27(39)24(10-17(2)3)37-29(41)35-16-19-13-20(45-30(31,32)33)8-9-25(19)44-6/h8-9,11-14,17,23-24H,7,10,15-16H2,1-6H3,(H,34,40)(H,36,39)(H2,35,37,41). The van der Waals surface area contributed by atoms with E-state index in [0.29, 0.717) is 17.1 Å². The number of amides is 4. The number of hydrogen-bond acceptors (Lipinski definition) is 8. The number of halogens is 3. The smallest absolute Gasteiger partial charge is 0.497 e. The van der Waals surface area contributed by atoms with Gasteiger partial charge in [0.25, 0.3) is 5.91 Å². The molecule has 2 rings (SSSR count). The lowest BCUT2D eigenvalue weighted by atomic mass is 10.0. The summed E-state index contributed by atoms with van der Waals surface area (Å²) in [6.07, 6.45) is -4.62. The average Bonchev–Trinajstić information content (AvgIpc) is 2.99. The van der Waals surface area contributed by atoms with Crippen LogP contribution in [0.5, 0.6) is 23.0 Å². The molecule has 2 aromatic carbocycles. The molecule has 2 atom stereocenters. The lowest BCUT2D eigenvalue weighted by molar-refractivity contribution is -0.274. The van der Waals surface area contributed by atoms with E-state index in [1.54, 1.807) is 25.1 Å². The van der Waals surface area contributed by atoms with Gasteiger partial charge in [0.05, 0.1) is 27.4 Å². The first-order valence-corrected chi connectivity index (χ1v) is 14.0. The first-order valence-electron chi connectivity index (χ1n) is 14.0. The Bertz CT molecular complexity index is 1310. The maximum Gasteiger partial charge on any atom is 0.573 e. The Morgan fingerprint density at radius 1 is 0.800 bits per heavy atom. The van der Waals surface area contributed by atoms with Crippen molar-refractivity contribution in [3.05, 3.63) is 47.5 Å². The highest BCUT2D eigenvalue weighted by atomic mass is 19.4. The maximum atomic E-state index is 13.2. The van der Waals surface area contributed by atoms with E-state index in [9.17, 15) is 32.3 Å². The molecule has 2 unspecified atom stereocenters. The van der Waals surface area contributed by atoms with E-state index >= 15 is 0 Å². The van der Waals surface area contributed by atoms with E-state index in [-0.39, 0.29) is 43.2 Å². The Morgan fingerprint density at radius 2 is 1.44 bits per heavy atom. The second kappa shape index (κ2) is 17.0. The number of Topliss-reactive ketones (excluding diaryl/α,β-unsaturated/α-hetero) is 1. The molecule has 0 radical (unpaired) electrons. The van der Waals surface area contributed by atoms with Crippen molar-refractivity contribution < 1.29 is 51.3 Å². The quantitative estimate of drug-likeness (QED) is 0.203. The molecule has 0 aliphatic carbocycles. The zero-order valence-corrected chi connectivity index (χ0v) is 25.9. The SMILES string of the molecule is CCC(NC(=O)C(CC(C)C)NC(=O)NCc1cc(OC(F)(F)F)ccc1OC)C(=O)C(=O)NCc1cc(OC)cc(OC)c1. The van der Waals surface area contributed by atoms with E-state index in [1.165, 1.54) is 27.4 Å². The number of alkyl halides is 3. The van der Waals surface area contributed by atoms with Crippen LogP contribution in [0.25, 0.3) is 0 Å². The molecule has 0 spiro atoms. The number of carbonyl (C=O) groups is 4. The number of ketones is 1. The highest BCUT2D eigenvalue weighted by Crippen LogP contribution is 2.28. The molecule has 45 heavy (non-hydrogen) atoms. The zero-order chi connectivity index (χ0) is 33.7. The minimum atomic E-state index is -4.91. The number of urea groups is 1. The summed E-state index contributed by atoms with van der Waals surface area (Å²) in [5.41, 5.74) is 0.808. The largest absolute Gasteiger partial charge is 0.573 e. The molecule has 0 heterocycles. The molecule has 0 aromatic heterocycles. The highest BCUT2D eigenvalue weighted by Gasteiger charge is 2.32. The van der Waals surface area contributed by atoms with Crippen molar-refractivity contribution in [1.29, 1.82) is 0 Å². The molecule has 0 bridgehead atoms. The Labute approximate surface area is 259 Å². The van der Waals surface area contributed by atoms with Gasteiger partial charge in [0.15, 0.2) is 0 Å². The van der Waals surface area contributed by atoms with Crippen molar-refractivity contribution in [2.24, 2.45) is 5.92 Å². The van der Waals surface area contributed by atoms with Gasteiger partial charge >= 0.3 is 12.4 Å². The molecule has 4 amide bonds. The van der Waals surface area contributed by atoms with Crippen molar-refractivity contribution in [3.63, 3.8) is 0 Å². The highest BCUT2D eigenvalue weighted by molar-refractivity contribution is 6.38. The van der Waals surface area contributed by atoms with Crippen LogP contribution in [-0.4, -0.2) is 63.4 Å². The number of hydrogen-bond donors (Lipinski definition) is 4. The van der Waals surface area contributed by atoms with Gasteiger partial charge in [-0.3, -0.25) is 14.4 Å². The van der Waals surface area contributed by atoms with Crippen molar-refractivity contribution in [2.75, 3.05) is 21.3 Å². The first-order chi connectivity index (χ1) is 21.2. The first kappa shape index (κ1) is 36.5. The van der Waals surface area contributed by atoms with E-state index in [2.05, 4.69) is 26.0 Å². The Hall–Kier alpha value is -4.69. The van der Waals surface area contributed by atoms with E-state index < -0.39 is 47.8 Å². The van der Waals surface area contributed by atoms with Gasteiger partial charge in [-0.05, 0) is 54.7 Å². The van der Waals surface area contributed by atoms with Gasteiger partial charge in [-0.25, -0.2) is 4.79 Å². The second-order valence-corrected chi connectivity index (χ2v) is 10.3. The van der Waals surface area contributed by atoms with Crippen molar-refractivity contribution in [2.45, 2.75) is 65.1 Å². The Balaban J connectivity index is 2.04. The van der Waals surface area contributed by atoms with Crippen LogP contribution < -0.4 is 40.2 Å². The summed E-state index contributed by atoms with van der Waals surface area (Å²) >= 11 is 0. The van der Waals surface area contributed by atoms with Crippen molar-refractivity contribution in [3.8, 4) is 23.0 Å². The maximum absolute atomic E-state index is 13.2. The van der Waals surface area contributed by atoms with Gasteiger partial charge in [0.1, 0.15) is 29.0 Å². The van der Waals surface area contributed by atoms with E-state index in [0.717, 1.165) is 12.1 Å². The third-order valence-corrected chi connectivity index (χ3v) is 6.38. The summed E-state index contributed by atoms with van der Waals surface area (Å²) in [5, 5.41) is 10.1. The van der Waals surface area contributed by atoms with Crippen molar-refractivity contribution in [1.82, 2.24) is 21.3 Å². The zero-order valence-electron chi connectivity index (χ0n) is 25.9. The van der Waals surface area contributed by atoms with Crippen LogP contribution in [0.2, 0.25) is 0 Å². The third kappa shape index (κ3) is 12.1. The summed E-state index contributed by atoms with van der Waals surface area (Å²) in [4.78, 5) is 51.5. The topological polar surface area (TPSA) is 153 Å². The Morgan fingerprint density at radius 3 is 1.98 bits per heavy atom. The number of carbonyl (C=O) groups excluding carboxylic acids is 4. The molecule has 0 aliphatic rings. The molecular weight excluding hydrogens is 601 g/mol. The average molecular weight is 641 g/mol. The fourth-order valence-electron chi connectivity index (χ4n) is 4.20. The van der Waals surface area contributed by atoms with Crippen molar-refractivity contribution >= 4 is 23.6 Å². The van der Waals surface area contributed by atoms with Crippen LogP contribution in [0.1, 0.15) is 44.7 Å². The van der Waals surface area contributed by atoms with Gasteiger partial charge in [-0.2, -0.15) is 0 Å². The molecule has 248 valence electrons. The van der Waals surface area contributed by atoms with Crippen LogP contribution in [0, 0.1) is 5.92 Å². The molecule has 15 heteroatoms. The number of benzene rings is 2. The van der Waals surface area contributed by atoms with Crippen LogP contribution in [0.15, 0.2) is 36.4 Å². The second-order valence-electron chi connectivity index (χ2n) is 10.3. The number of ether oxygens (including phenoxy) is 4. The van der Waals surface area contributed by atoms with Crippen LogP contribution >= 0.6 is 0 Å². The molecule has 0 fully saturated rings. The Kier molecular flexibility index (Phi) is 13.8. The van der Waals surface area contributed by atoms with Gasteiger partial charge in [-0.15, -0.1) is 13.2 Å². The lowest BCUT2D eigenvalue weighted by Gasteiger charge is -2.23. The van der Waals surface area contributed by atoms with E-state index in [1.807, 2.05) is 13.8 Å². The lowest BCUT2D eigenvalue weighted by Crippen LogP contribution is -2.55. The summed E-state index contributed by atoms with van der Waals surface area (Å²) in [5.74, 6) is -1.84. The summed E-state index contributed by atoms with van der Waals surface area (Å²) < 4.78 is 57.4. The summed E-state index contributed by atoms with van der Waals surface area (Å²) in [6.45, 7) is 5.00. The van der Waals surface area contributed by atoms with Gasteiger partial charge < -0.3 is 40.2 Å². The van der Waals surface area contributed by atoms with Crippen LogP contribution in [0.4, 0.5) is 18.0 Å². The van der Waals surface area contributed by atoms with Gasteiger partial charge in [-0.1, -0.05) is 20.8 Å². The predicted molar refractivity (Wildman–Crippen MR) is 157 cm³/mol. The molecule has 2 aromatic rings.